The number of hydrogen-bond donors (Lipinski definition) is 2. The zero-order valence-electron chi connectivity index (χ0n) is 14.2. The lowest BCUT2D eigenvalue weighted by Gasteiger charge is -2.10. The van der Waals surface area contributed by atoms with Gasteiger partial charge in [-0.05, 0) is 35.7 Å². The van der Waals surface area contributed by atoms with Crippen LogP contribution in [0.4, 0.5) is 5.69 Å². The van der Waals surface area contributed by atoms with Crippen molar-refractivity contribution in [3.63, 3.8) is 0 Å². The van der Waals surface area contributed by atoms with Crippen LogP contribution >= 0.6 is 0 Å². The second-order valence-electron chi connectivity index (χ2n) is 6.56. The van der Waals surface area contributed by atoms with Crippen LogP contribution in [0.15, 0.2) is 60.8 Å². The molecule has 2 amide bonds. The molecule has 4 rings (SSSR count). The molecule has 0 radical (unpaired) electrons. The Morgan fingerprint density at radius 2 is 1.85 bits per heavy atom. The van der Waals surface area contributed by atoms with E-state index in [9.17, 15) is 9.59 Å². The van der Waals surface area contributed by atoms with Gasteiger partial charge < -0.3 is 5.32 Å². The summed E-state index contributed by atoms with van der Waals surface area (Å²) in [5.41, 5.74) is 4.22. The van der Waals surface area contributed by atoms with Crippen molar-refractivity contribution >= 4 is 28.4 Å². The summed E-state index contributed by atoms with van der Waals surface area (Å²) < 4.78 is 0. The molecule has 5 heteroatoms. The van der Waals surface area contributed by atoms with Gasteiger partial charge in [-0.25, -0.2) is 0 Å². The summed E-state index contributed by atoms with van der Waals surface area (Å²) >= 11 is 0. The number of carbonyl (C=O) groups is 2. The second-order valence-corrected chi connectivity index (χ2v) is 6.56. The third kappa shape index (κ3) is 3.42. The van der Waals surface area contributed by atoms with Gasteiger partial charge in [-0.1, -0.05) is 36.4 Å². The molecule has 5 nitrogen and oxygen atoms in total. The summed E-state index contributed by atoms with van der Waals surface area (Å²) in [6.45, 7) is 0.688. The summed E-state index contributed by atoms with van der Waals surface area (Å²) in [4.78, 5) is 27.4. The lowest BCUT2D eigenvalue weighted by atomic mass is 9.98. The molecule has 0 saturated carbocycles. The molecule has 0 bridgehead atoms. The largest absolute Gasteiger partial charge is 0.381 e. The molecule has 1 aliphatic heterocycles. The number of amides is 2. The third-order valence-corrected chi connectivity index (χ3v) is 4.70. The lowest BCUT2D eigenvalue weighted by Crippen LogP contribution is -2.22. The van der Waals surface area contributed by atoms with E-state index in [-0.39, 0.29) is 24.2 Å². The van der Waals surface area contributed by atoms with E-state index >= 15 is 0 Å². The Labute approximate surface area is 151 Å². The number of nitrogens with one attached hydrogen (secondary N) is 2. The van der Waals surface area contributed by atoms with Gasteiger partial charge in [0.05, 0.1) is 11.4 Å². The van der Waals surface area contributed by atoms with Crippen molar-refractivity contribution in [1.82, 2.24) is 10.3 Å². The van der Waals surface area contributed by atoms with Gasteiger partial charge in [0.15, 0.2) is 0 Å². The van der Waals surface area contributed by atoms with Gasteiger partial charge in [0.1, 0.15) is 0 Å². The SMILES string of the molecule is O=C1C[C@@H](Cc2ccc(NCc3cccc4cccnc34)cc2)C(=O)N1. The van der Waals surface area contributed by atoms with Crippen LogP contribution in [0.25, 0.3) is 10.9 Å². The normalized spacial score (nSPS) is 16.7. The first-order valence-corrected chi connectivity index (χ1v) is 8.68. The number of hydrogen-bond acceptors (Lipinski definition) is 4. The Kier molecular flexibility index (Phi) is 4.35. The predicted octanol–water partition coefficient (Wildman–Crippen LogP) is 3.05. The zero-order valence-corrected chi connectivity index (χ0v) is 14.2. The number of aromatic nitrogens is 1. The van der Waals surface area contributed by atoms with Gasteiger partial charge in [-0.2, -0.15) is 0 Å². The van der Waals surface area contributed by atoms with Gasteiger partial charge in [0.2, 0.25) is 11.8 Å². The fraction of sp³-hybridized carbons (Fsp3) is 0.190. The Hall–Kier alpha value is -3.21. The van der Waals surface area contributed by atoms with Gasteiger partial charge in [-0.3, -0.25) is 19.9 Å². The highest BCUT2D eigenvalue weighted by molar-refractivity contribution is 6.03. The summed E-state index contributed by atoms with van der Waals surface area (Å²) in [6, 6.07) is 18.2. The molecule has 1 atom stereocenters. The molecular weight excluding hydrogens is 326 g/mol. The van der Waals surface area contributed by atoms with Crippen LogP contribution in [0.3, 0.4) is 0 Å². The van der Waals surface area contributed by atoms with Crippen molar-refractivity contribution in [3.8, 4) is 0 Å². The molecule has 1 fully saturated rings. The molecule has 0 unspecified atom stereocenters. The molecule has 1 aliphatic rings. The summed E-state index contributed by atoms with van der Waals surface area (Å²) in [6.07, 6.45) is 2.68. The van der Waals surface area contributed by atoms with Crippen molar-refractivity contribution in [2.75, 3.05) is 5.32 Å². The van der Waals surface area contributed by atoms with E-state index in [1.54, 1.807) is 0 Å². The van der Waals surface area contributed by atoms with Crippen LogP contribution in [-0.4, -0.2) is 16.8 Å². The molecule has 0 aliphatic carbocycles. The van der Waals surface area contributed by atoms with Gasteiger partial charge in [-0.15, -0.1) is 0 Å². The number of pyridine rings is 1. The Morgan fingerprint density at radius 3 is 2.62 bits per heavy atom. The van der Waals surface area contributed by atoms with Crippen molar-refractivity contribution in [2.24, 2.45) is 5.92 Å². The molecule has 130 valence electrons. The first-order chi connectivity index (χ1) is 12.7. The third-order valence-electron chi connectivity index (χ3n) is 4.70. The van der Waals surface area contributed by atoms with Crippen molar-refractivity contribution in [2.45, 2.75) is 19.4 Å². The minimum absolute atomic E-state index is 0.166. The summed E-state index contributed by atoms with van der Waals surface area (Å²) in [5, 5.41) is 6.90. The number of para-hydroxylation sites is 1. The van der Waals surface area contributed by atoms with Crippen molar-refractivity contribution in [1.29, 1.82) is 0 Å². The highest BCUT2D eigenvalue weighted by Crippen LogP contribution is 2.20. The summed E-state index contributed by atoms with van der Waals surface area (Å²) in [7, 11) is 0. The lowest BCUT2D eigenvalue weighted by molar-refractivity contribution is -0.125. The van der Waals surface area contributed by atoms with E-state index in [0.717, 1.165) is 27.7 Å². The quantitative estimate of drug-likeness (QED) is 0.697. The van der Waals surface area contributed by atoms with E-state index in [1.165, 1.54) is 0 Å². The van der Waals surface area contributed by atoms with Crippen LogP contribution in [0.5, 0.6) is 0 Å². The average molecular weight is 345 g/mol. The van der Waals surface area contributed by atoms with E-state index in [4.69, 9.17) is 0 Å². The van der Waals surface area contributed by atoms with Crippen molar-refractivity contribution < 1.29 is 9.59 Å². The molecule has 0 spiro atoms. The Bertz CT molecular complexity index is 961. The predicted molar refractivity (Wildman–Crippen MR) is 100 cm³/mol. The smallest absolute Gasteiger partial charge is 0.230 e. The minimum Gasteiger partial charge on any atom is -0.381 e. The number of rotatable bonds is 5. The Morgan fingerprint density at radius 1 is 1.04 bits per heavy atom. The van der Waals surface area contributed by atoms with Gasteiger partial charge >= 0.3 is 0 Å². The topological polar surface area (TPSA) is 71.1 Å². The maximum Gasteiger partial charge on any atom is 0.230 e. The fourth-order valence-corrected chi connectivity index (χ4v) is 3.32. The van der Waals surface area contributed by atoms with E-state index in [2.05, 4.69) is 33.8 Å². The maximum atomic E-state index is 11.7. The number of nitrogens with zero attached hydrogens (tertiary/aromatic N) is 1. The number of benzene rings is 2. The molecule has 2 N–H and O–H groups in total. The van der Waals surface area contributed by atoms with E-state index in [1.807, 2.05) is 42.6 Å². The molecule has 1 aromatic heterocycles. The molecule has 1 saturated heterocycles. The van der Waals surface area contributed by atoms with E-state index < -0.39 is 0 Å². The monoisotopic (exact) mass is 345 g/mol. The number of anilines is 1. The molecule has 2 aromatic carbocycles. The standard InChI is InChI=1S/C21H19N3O2/c25-19-12-17(21(26)24-19)11-14-6-8-18(9-7-14)23-13-16-4-1-3-15-5-2-10-22-20(15)16/h1-10,17,23H,11-13H2,(H,24,25,26)/t17-/m1/s1. The maximum absolute atomic E-state index is 11.7. The van der Waals surface area contributed by atoms with Crippen molar-refractivity contribution in [3.05, 3.63) is 71.9 Å². The average Bonchev–Trinajstić information content (AvgIpc) is 2.98. The minimum atomic E-state index is -0.247. The molecule has 3 aromatic rings. The molecular formula is C21H19N3O2. The number of imide groups is 1. The van der Waals surface area contributed by atoms with Crippen LogP contribution in [0, 0.1) is 5.92 Å². The summed E-state index contributed by atoms with van der Waals surface area (Å²) in [5.74, 6) is -0.592. The van der Waals surface area contributed by atoms with Crippen LogP contribution < -0.4 is 10.6 Å². The van der Waals surface area contributed by atoms with Gasteiger partial charge in [0.25, 0.3) is 0 Å². The first kappa shape index (κ1) is 16.3. The van der Waals surface area contributed by atoms with Crippen LogP contribution in [0.2, 0.25) is 0 Å². The molecule has 2 heterocycles. The number of carbonyl (C=O) groups excluding carboxylic acids is 2. The fourth-order valence-electron chi connectivity index (χ4n) is 3.32. The highest BCUT2D eigenvalue weighted by atomic mass is 16.2. The zero-order chi connectivity index (χ0) is 17.9. The van der Waals surface area contributed by atoms with E-state index in [0.29, 0.717) is 13.0 Å². The van der Waals surface area contributed by atoms with Crippen LogP contribution in [-0.2, 0) is 22.6 Å². The number of fused-ring (bicyclic) bond motifs is 1. The van der Waals surface area contributed by atoms with Gasteiger partial charge in [0, 0.05) is 30.2 Å². The highest BCUT2D eigenvalue weighted by Gasteiger charge is 2.30. The first-order valence-electron chi connectivity index (χ1n) is 8.68. The van der Waals surface area contributed by atoms with Crippen LogP contribution in [0.1, 0.15) is 17.5 Å². The second kappa shape index (κ2) is 6.96. The Balaban J connectivity index is 1.41. The molecule has 26 heavy (non-hydrogen) atoms.